The van der Waals surface area contributed by atoms with E-state index >= 15 is 0 Å². The molecule has 7 aromatic carbocycles. The summed E-state index contributed by atoms with van der Waals surface area (Å²) in [5.74, 6) is 0. The molecule has 0 radical (unpaired) electrons. The molecular formula is C41H28O. The van der Waals surface area contributed by atoms with E-state index in [2.05, 4.69) is 141 Å². The first-order chi connectivity index (χ1) is 20.6. The number of hydrogen-bond donors (Lipinski definition) is 0. The van der Waals surface area contributed by atoms with Crippen LogP contribution in [0.15, 0.2) is 138 Å². The van der Waals surface area contributed by atoms with E-state index < -0.39 is 0 Å². The minimum atomic E-state index is -0.0501. The van der Waals surface area contributed by atoms with E-state index in [0.29, 0.717) is 0 Å². The fourth-order valence-corrected chi connectivity index (χ4v) is 7.65. The molecule has 0 aliphatic heterocycles. The highest BCUT2D eigenvalue weighted by Crippen LogP contribution is 2.54. The zero-order chi connectivity index (χ0) is 28.0. The van der Waals surface area contributed by atoms with Crippen LogP contribution in [0.4, 0.5) is 0 Å². The van der Waals surface area contributed by atoms with Crippen LogP contribution in [0, 0.1) is 0 Å². The van der Waals surface area contributed by atoms with Gasteiger partial charge in [-0.25, -0.2) is 0 Å². The first kappa shape index (κ1) is 23.6. The lowest BCUT2D eigenvalue weighted by Gasteiger charge is -2.22. The quantitative estimate of drug-likeness (QED) is 0.200. The summed E-state index contributed by atoms with van der Waals surface area (Å²) in [7, 11) is 0. The normalized spacial score (nSPS) is 13.7. The van der Waals surface area contributed by atoms with Gasteiger partial charge in [-0.05, 0) is 78.2 Å². The maximum absolute atomic E-state index is 6.33. The van der Waals surface area contributed by atoms with Crippen LogP contribution in [0.3, 0.4) is 0 Å². The number of rotatable bonds is 2. The molecule has 1 aliphatic rings. The third-order valence-corrected chi connectivity index (χ3v) is 9.48. The summed E-state index contributed by atoms with van der Waals surface area (Å²) in [6, 6.07) is 48.6. The first-order valence-electron chi connectivity index (χ1n) is 14.7. The number of hydrogen-bond acceptors (Lipinski definition) is 1. The standard InChI is InChI=1S/C41H28O/c1-41(2)33-21-9-7-17-29(33)39-31(19-11-22-34(39)41)37-25-13-3-5-15-27(25)38(28-16-6-4-14-26(28)37)32-20-12-24-36-40(32)30-18-8-10-23-35(30)42-36/h3-24H,1-2H3. The summed E-state index contributed by atoms with van der Waals surface area (Å²) in [6.45, 7) is 4.72. The molecule has 1 aromatic heterocycles. The van der Waals surface area contributed by atoms with Crippen molar-refractivity contribution in [2.24, 2.45) is 0 Å². The van der Waals surface area contributed by atoms with Gasteiger partial charge in [-0.2, -0.15) is 0 Å². The summed E-state index contributed by atoms with van der Waals surface area (Å²) in [6.07, 6.45) is 0. The summed E-state index contributed by atoms with van der Waals surface area (Å²) in [5, 5.41) is 7.38. The van der Waals surface area contributed by atoms with Crippen LogP contribution >= 0.6 is 0 Å². The van der Waals surface area contributed by atoms with E-state index in [1.54, 1.807) is 0 Å². The van der Waals surface area contributed by atoms with E-state index in [9.17, 15) is 0 Å². The van der Waals surface area contributed by atoms with E-state index in [1.807, 2.05) is 6.07 Å². The highest BCUT2D eigenvalue weighted by molar-refractivity contribution is 6.26. The van der Waals surface area contributed by atoms with Crippen LogP contribution in [-0.2, 0) is 5.41 Å². The molecule has 0 atom stereocenters. The lowest BCUT2D eigenvalue weighted by atomic mass is 9.80. The molecule has 1 heteroatoms. The molecule has 0 saturated heterocycles. The molecule has 1 nitrogen and oxygen atoms in total. The maximum atomic E-state index is 6.33. The van der Waals surface area contributed by atoms with E-state index in [0.717, 1.165) is 16.6 Å². The smallest absolute Gasteiger partial charge is 0.136 e. The molecule has 42 heavy (non-hydrogen) atoms. The number of furan rings is 1. The molecule has 198 valence electrons. The summed E-state index contributed by atoms with van der Waals surface area (Å²) in [4.78, 5) is 0. The lowest BCUT2D eigenvalue weighted by molar-refractivity contribution is 0.660. The second-order valence-electron chi connectivity index (χ2n) is 12.0. The monoisotopic (exact) mass is 536 g/mol. The Kier molecular flexibility index (Phi) is 4.73. The van der Waals surface area contributed by atoms with Crippen LogP contribution in [-0.4, -0.2) is 0 Å². The Hall–Kier alpha value is -5.14. The van der Waals surface area contributed by atoms with Crippen molar-refractivity contribution in [3.8, 4) is 33.4 Å². The van der Waals surface area contributed by atoms with Gasteiger partial charge >= 0.3 is 0 Å². The Morgan fingerprint density at radius 1 is 0.381 bits per heavy atom. The highest BCUT2D eigenvalue weighted by Gasteiger charge is 2.37. The zero-order valence-electron chi connectivity index (χ0n) is 23.6. The fourth-order valence-electron chi connectivity index (χ4n) is 7.65. The van der Waals surface area contributed by atoms with Crippen LogP contribution in [0.25, 0.3) is 76.9 Å². The van der Waals surface area contributed by atoms with Gasteiger partial charge in [-0.3, -0.25) is 0 Å². The van der Waals surface area contributed by atoms with E-state index in [4.69, 9.17) is 4.42 Å². The molecule has 0 saturated carbocycles. The average molecular weight is 537 g/mol. The predicted molar refractivity (Wildman–Crippen MR) is 177 cm³/mol. The summed E-state index contributed by atoms with van der Waals surface area (Å²) >= 11 is 0. The van der Waals surface area contributed by atoms with Crippen molar-refractivity contribution in [2.45, 2.75) is 19.3 Å². The van der Waals surface area contributed by atoms with Crippen molar-refractivity contribution in [1.29, 1.82) is 0 Å². The molecule has 0 fully saturated rings. The van der Waals surface area contributed by atoms with Crippen LogP contribution < -0.4 is 0 Å². The van der Waals surface area contributed by atoms with Gasteiger partial charge in [0.1, 0.15) is 11.2 Å². The Morgan fingerprint density at radius 2 is 0.857 bits per heavy atom. The van der Waals surface area contributed by atoms with Crippen molar-refractivity contribution >= 4 is 43.5 Å². The Balaban J connectivity index is 1.46. The Morgan fingerprint density at radius 3 is 1.57 bits per heavy atom. The molecule has 0 spiro atoms. The van der Waals surface area contributed by atoms with Crippen LogP contribution in [0.2, 0.25) is 0 Å². The lowest BCUT2D eigenvalue weighted by Crippen LogP contribution is -2.14. The van der Waals surface area contributed by atoms with Gasteiger partial charge < -0.3 is 4.42 Å². The highest BCUT2D eigenvalue weighted by atomic mass is 16.3. The van der Waals surface area contributed by atoms with Crippen molar-refractivity contribution in [1.82, 2.24) is 0 Å². The molecule has 1 heterocycles. The Bertz CT molecular complexity index is 2330. The van der Waals surface area contributed by atoms with Crippen molar-refractivity contribution in [2.75, 3.05) is 0 Å². The maximum Gasteiger partial charge on any atom is 0.136 e. The van der Waals surface area contributed by atoms with Gasteiger partial charge in [-0.15, -0.1) is 0 Å². The molecule has 0 bridgehead atoms. The number of benzene rings is 7. The summed E-state index contributed by atoms with van der Waals surface area (Å²) in [5.41, 5.74) is 12.4. The van der Waals surface area contributed by atoms with Crippen molar-refractivity contribution in [3.63, 3.8) is 0 Å². The SMILES string of the molecule is CC1(C)c2ccccc2-c2c(-c3c4ccccc4c(-c4cccc5oc6ccccc6c45)c4ccccc34)cccc21. The number of fused-ring (bicyclic) bond motifs is 8. The minimum Gasteiger partial charge on any atom is -0.456 e. The number of para-hydroxylation sites is 1. The van der Waals surface area contributed by atoms with Gasteiger partial charge in [-0.1, -0.05) is 135 Å². The molecule has 0 N–H and O–H groups in total. The Labute approximate surface area is 244 Å². The second-order valence-corrected chi connectivity index (χ2v) is 12.0. The zero-order valence-corrected chi connectivity index (χ0v) is 23.6. The van der Waals surface area contributed by atoms with Crippen molar-refractivity contribution in [3.05, 3.63) is 145 Å². The molecule has 9 rings (SSSR count). The molecule has 1 aliphatic carbocycles. The van der Waals surface area contributed by atoms with Gasteiger partial charge in [0.15, 0.2) is 0 Å². The molecule has 0 unspecified atom stereocenters. The minimum absolute atomic E-state index is 0.0501. The van der Waals surface area contributed by atoms with Gasteiger partial charge in [0.05, 0.1) is 0 Å². The molecule has 8 aromatic rings. The third kappa shape index (κ3) is 3.03. The van der Waals surface area contributed by atoms with Gasteiger partial charge in [0.25, 0.3) is 0 Å². The molecule has 0 amide bonds. The second kappa shape index (κ2) is 8.44. The van der Waals surface area contributed by atoms with Gasteiger partial charge in [0, 0.05) is 16.2 Å². The van der Waals surface area contributed by atoms with E-state index in [-0.39, 0.29) is 5.41 Å². The van der Waals surface area contributed by atoms with E-state index in [1.165, 1.54) is 71.4 Å². The third-order valence-electron chi connectivity index (χ3n) is 9.48. The van der Waals surface area contributed by atoms with Crippen LogP contribution in [0.1, 0.15) is 25.0 Å². The predicted octanol–water partition coefficient (Wildman–Crippen LogP) is 11.5. The fraction of sp³-hybridized carbons (Fsp3) is 0.0732. The van der Waals surface area contributed by atoms with Crippen LogP contribution in [0.5, 0.6) is 0 Å². The first-order valence-corrected chi connectivity index (χ1v) is 14.7. The summed E-state index contributed by atoms with van der Waals surface area (Å²) < 4.78 is 6.33. The van der Waals surface area contributed by atoms with Gasteiger partial charge in [0.2, 0.25) is 0 Å². The topological polar surface area (TPSA) is 13.1 Å². The van der Waals surface area contributed by atoms with Crippen molar-refractivity contribution < 1.29 is 4.42 Å². The molecular weight excluding hydrogens is 508 g/mol. The average Bonchev–Trinajstić information content (AvgIpc) is 3.53. The largest absolute Gasteiger partial charge is 0.456 e.